The van der Waals surface area contributed by atoms with Crippen molar-refractivity contribution in [3.05, 3.63) is 0 Å². The Kier molecular flexibility index (Phi) is 2.81. The van der Waals surface area contributed by atoms with E-state index in [1.807, 2.05) is 0 Å². The zero-order valence-corrected chi connectivity index (χ0v) is 2.49. The molecule has 0 rings (SSSR count). The maximum absolute atomic E-state index is 10.5. The van der Waals surface area contributed by atoms with Crippen molar-refractivity contribution in [2.75, 3.05) is 14.0 Å². The van der Waals surface area contributed by atoms with Crippen LogP contribution in [-0.4, -0.2) is 14.0 Å². The van der Waals surface area contributed by atoms with E-state index in [0.717, 1.165) is 0 Å². The Bertz CT molecular complexity index is 8.00. The predicted molar refractivity (Wildman–Crippen MR) is 13.0 cm³/mol. The fraction of sp³-hybridized carbons (Fsp3) is 1.00. The van der Waals surface area contributed by atoms with Crippen molar-refractivity contribution in [1.29, 1.82) is 0 Å². The van der Waals surface area contributed by atoms with Crippen molar-refractivity contribution in [1.82, 2.24) is 0 Å². The summed E-state index contributed by atoms with van der Waals surface area (Å²) >= 11 is 0. The van der Waals surface area contributed by atoms with Crippen LogP contribution in [0.4, 0.5) is 4.39 Å². The maximum atomic E-state index is 10.5. The van der Waals surface area contributed by atoms with Gasteiger partial charge in [0.1, 0.15) is 0 Å². The first-order valence-corrected chi connectivity index (χ1v) is 0.964. The van der Waals surface area contributed by atoms with E-state index < -0.39 is 6.86 Å². The van der Waals surface area contributed by atoms with Gasteiger partial charge in [0.25, 0.3) is 0 Å². The molecule has 0 aromatic rings. The van der Waals surface area contributed by atoms with Crippen LogP contribution in [0.15, 0.2) is 0 Å². The normalized spacial score (nSPS) is 7.50. The van der Waals surface area contributed by atoms with Gasteiger partial charge in [0.15, 0.2) is 6.86 Å². The van der Waals surface area contributed by atoms with Crippen molar-refractivity contribution in [3.8, 4) is 0 Å². The summed E-state index contributed by atoms with van der Waals surface area (Å²) in [6.07, 6.45) is 0. The average molecular weight is 63.1 g/mol. The van der Waals surface area contributed by atoms with Crippen molar-refractivity contribution in [2.24, 2.45) is 0 Å². The third kappa shape index (κ3) is 1.89. The van der Waals surface area contributed by atoms with Crippen molar-refractivity contribution in [2.45, 2.75) is 0 Å². The lowest BCUT2D eigenvalue weighted by Gasteiger charge is -1.72. The van der Waals surface area contributed by atoms with E-state index >= 15 is 0 Å². The Morgan fingerprint density at radius 2 is 2.25 bits per heavy atom. The van der Waals surface area contributed by atoms with Crippen molar-refractivity contribution in [3.63, 3.8) is 0 Å². The number of ether oxygens (including phenoxy) is 1. The fourth-order valence-corrected chi connectivity index (χ4v) is 0. The number of halogens is 1. The van der Waals surface area contributed by atoms with Gasteiger partial charge in [0.05, 0.1) is 0 Å². The Hall–Kier alpha value is -0.110. The molecule has 0 amide bonds. The highest BCUT2D eigenvalue weighted by molar-refractivity contribution is 3.74. The quantitative estimate of drug-likeness (QED) is 0.432. The monoisotopic (exact) mass is 63.0 g/mol. The van der Waals surface area contributed by atoms with Crippen LogP contribution in [0.1, 0.15) is 0 Å². The summed E-state index contributed by atoms with van der Waals surface area (Å²) in [5.41, 5.74) is 0. The third-order valence-electron chi connectivity index (χ3n) is 0.109. The molecule has 0 bridgehead atoms. The molecule has 0 saturated heterocycles. The first-order valence-electron chi connectivity index (χ1n) is 0.964. The van der Waals surface area contributed by atoms with Crippen LogP contribution in [0.5, 0.6) is 0 Å². The van der Waals surface area contributed by atoms with E-state index in [-0.39, 0.29) is 0 Å². The lowest BCUT2D eigenvalue weighted by molar-refractivity contribution is 0.104. The molecular formula is C2H5FO. The second kappa shape index (κ2) is 2.89. The van der Waals surface area contributed by atoms with Gasteiger partial charge in [-0.1, -0.05) is 0 Å². The lowest BCUT2D eigenvalue weighted by Crippen LogP contribution is -1.70. The molecule has 1 nitrogen and oxygen atoms in total. The zero-order valence-electron chi connectivity index (χ0n) is 2.49. The SMILES string of the molecule is COC[18F]. The molecule has 0 aromatic heterocycles. The molecule has 4 heavy (non-hydrogen) atoms. The van der Waals surface area contributed by atoms with E-state index in [1.165, 1.54) is 7.11 Å². The summed E-state index contributed by atoms with van der Waals surface area (Å²) in [6.45, 7) is -0.681. The zero-order chi connectivity index (χ0) is 3.41. The van der Waals surface area contributed by atoms with E-state index in [4.69, 9.17) is 0 Å². The van der Waals surface area contributed by atoms with E-state index in [1.54, 1.807) is 0 Å². The van der Waals surface area contributed by atoms with Gasteiger partial charge in [0.2, 0.25) is 0 Å². The molecule has 0 spiro atoms. The van der Waals surface area contributed by atoms with Crippen molar-refractivity contribution >= 4 is 0 Å². The highest BCUT2D eigenvalue weighted by Crippen LogP contribution is 1.58. The van der Waals surface area contributed by atoms with E-state index in [2.05, 4.69) is 4.74 Å². The minimum Gasteiger partial charge on any atom is -0.354 e. The number of hydrogen-bond donors (Lipinski definition) is 0. The van der Waals surface area contributed by atoms with Crippen LogP contribution in [-0.2, 0) is 4.74 Å². The molecule has 0 fully saturated rings. The maximum Gasteiger partial charge on any atom is 0.187 e. The fourth-order valence-electron chi connectivity index (χ4n) is 0. The number of methoxy groups -OCH3 is 1. The Morgan fingerprint density at radius 3 is 2.25 bits per heavy atom. The summed E-state index contributed by atoms with van der Waals surface area (Å²) in [5.74, 6) is 0. The minimum atomic E-state index is -0.681. The Balaban J connectivity index is 1.97. The molecule has 26 valence electrons. The first kappa shape index (κ1) is 3.89. The molecule has 2 heteroatoms. The molecule has 0 aliphatic heterocycles. The summed E-state index contributed by atoms with van der Waals surface area (Å²) in [6, 6.07) is 0. The van der Waals surface area contributed by atoms with Gasteiger partial charge < -0.3 is 4.74 Å². The van der Waals surface area contributed by atoms with Crippen LogP contribution >= 0.6 is 0 Å². The van der Waals surface area contributed by atoms with Crippen molar-refractivity contribution < 1.29 is 9.13 Å². The molecular weight excluding hydrogens is 58.0 g/mol. The predicted octanol–water partition coefficient (Wildman–Crippen LogP) is 0.560. The van der Waals surface area contributed by atoms with E-state index in [9.17, 15) is 4.39 Å². The lowest BCUT2D eigenvalue weighted by atomic mass is 11.5. The number of rotatable bonds is 1. The molecule has 0 unspecified atom stereocenters. The third-order valence-corrected chi connectivity index (χ3v) is 0.109. The van der Waals surface area contributed by atoms with Gasteiger partial charge in [-0.15, -0.1) is 0 Å². The van der Waals surface area contributed by atoms with Gasteiger partial charge in [0, 0.05) is 7.11 Å². The van der Waals surface area contributed by atoms with Crippen LogP contribution in [0.25, 0.3) is 0 Å². The second-order valence-corrected chi connectivity index (χ2v) is 0.398. The van der Waals surface area contributed by atoms with Gasteiger partial charge >= 0.3 is 0 Å². The molecule has 0 heterocycles. The molecule has 0 atom stereocenters. The molecule has 0 radical (unpaired) electrons. The van der Waals surface area contributed by atoms with E-state index in [0.29, 0.717) is 0 Å². The molecule has 0 aromatic carbocycles. The largest absolute Gasteiger partial charge is 0.354 e. The minimum absolute atomic E-state index is 0.681. The van der Waals surface area contributed by atoms with Gasteiger partial charge in [-0.05, 0) is 0 Å². The molecule has 0 aliphatic carbocycles. The molecule has 0 N–H and O–H groups in total. The smallest absolute Gasteiger partial charge is 0.187 e. The summed E-state index contributed by atoms with van der Waals surface area (Å²) < 4.78 is 14.4. The summed E-state index contributed by atoms with van der Waals surface area (Å²) in [5, 5.41) is 0. The number of alkyl halides is 1. The van der Waals surface area contributed by atoms with Gasteiger partial charge in [-0.25, -0.2) is 4.39 Å². The second-order valence-electron chi connectivity index (χ2n) is 0.398. The molecule has 0 saturated carbocycles. The topological polar surface area (TPSA) is 9.23 Å². The Morgan fingerprint density at radius 1 is 2.00 bits per heavy atom. The van der Waals surface area contributed by atoms with Gasteiger partial charge in [-0.2, -0.15) is 0 Å². The van der Waals surface area contributed by atoms with Crippen LogP contribution in [0.2, 0.25) is 0 Å². The Labute approximate surface area is 24.4 Å². The summed E-state index contributed by atoms with van der Waals surface area (Å²) in [4.78, 5) is 0. The molecule has 0 aliphatic rings. The highest BCUT2D eigenvalue weighted by atomic mass is 18.2. The van der Waals surface area contributed by atoms with Crippen LogP contribution in [0, 0.1) is 0 Å². The van der Waals surface area contributed by atoms with Crippen LogP contribution in [0.3, 0.4) is 0 Å². The summed E-state index contributed by atoms with van der Waals surface area (Å²) in [7, 11) is 1.31. The highest BCUT2D eigenvalue weighted by Gasteiger charge is 1.55. The van der Waals surface area contributed by atoms with Crippen LogP contribution < -0.4 is 0 Å². The van der Waals surface area contributed by atoms with Gasteiger partial charge in [-0.3, -0.25) is 0 Å². The first-order chi connectivity index (χ1) is 1.91. The average Bonchev–Trinajstić information content (AvgIpc) is 1.37. The number of hydrogen-bond acceptors (Lipinski definition) is 1. The standard InChI is InChI=1S/C2H5FO/c1-4-2-3/h2H2,1H3/i3-1.